The van der Waals surface area contributed by atoms with E-state index >= 15 is 0 Å². The van der Waals surface area contributed by atoms with Crippen molar-refractivity contribution >= 4 is 27.5 Å². The lowest BCUT2D eigenvalue weighted by atomic mass is 10.0. The minimum absolute atomic E-state index is 0.0577. The zero-order chi connectivity index (χ0) is 33.3. The smallest absolute Gasteiger partial charge is 0.264 e. The van der Waals surface area contributed by atoms with Gasteiger partial charge in [0.05, 0.1) is 17.7 Å². The molecule has 1 atom stereocenters. The third kappa shape index (κ3) is 8.97. The number of ether oxygens (including phenoxy) is 1. The molecule has 4 aromatic carbocycles. The molecule has 0 heterocycles. The van der Waals surface area contributed by atoms with Crippen molar-refractivity contribution in [3.8, 4) is 5.75 Å². The van der Waals surface area contributed by atoms with Crippen molar-refractivity contribution in [3.63, 3.8) is 0 Å². The molecule has 2 amide bonds. The summed E-state index contributed by atoms with van der Waals surface area (Å²) in [5.74, 6) is -0.0515. The number of benzene rings is 4. The van der Waals surface area contributed by atoms with Crippen LogP contribution in [0.5, 0.6) is 5.75 Å². The predicted molar refractivity (Wildman–Crippen MR) is 182 cm³/mol. The molecule has 0 saturated carbocycles. The highest BCUT2D eigenvalue weighted by Gasteiger charge is 2.34. The number of aryl methyl sites for hydroxylation is 2. The van der Waals surface area contributed by atoms with Crippen LogP contribution < -0.4 is 14.4 Å². The molecule has 9 heteroatoms. The SMILES string of the molecule is COc1ccc(N(CC(=O)N(Cc2ccc(C)cc2)C(Cc2ccccc2)C(=O)NCC(C)C)S(=O)(=O)c2ccc(C)cc2)cc1. The van der Waals surface area contributed by atoms with Gasteiger partial charge in [-0.1, -0.05) is 91.7 Å². The van der Waals surface area contributed by atoms with Gasteiger partial charge in [0, 0.05) is 19.5 Å². The highest BCUT2D eigenvalue weighted by molar-refractivity contribution is 7.92. The Hall–Kier alpha value is -4.63. The topological polar surface area (TPSA) is 96.0 Å². The lowest BCUT2D eigenvalue weighted by Gasteiger charge is -2.34. The molecular formula is C37H43N3O5S. The molecule has 0 aromatic heterocycles. The molecule has 1 unspecified atom stereocenters. The second-order valence-electron chi connectivity index (χ2n) is 11.9. The van der Waals surface area contributed by atoms with Crippen LogP contribution in [0.4, 0.5) is 5.69 Å². The van der Waals surface area contributed by atoms with Crippen LogP contribution in [-0.2, 0) is 32.6 Å². The Kier molecular flexibility index (Phi) is 11.6. The summed E-state index contributed by atoms with van der Waals surface area (Å²) in [5.41, 5.74) is 3.98. The van der Waals surface area contributed by atoms with E-state index in [-0.39, 0.29) is 29.7 Å². The molecule has 0 aliphatic rings. The van der Waals surface area contributed by atoms with E-state index in [1.54, 1.807) is 36.4 Å². The maximum absolute atomic E-state index is 14.5. The molecule has 1 N–H and O–H groups in total. The third-order valence-electron chi connectivity index (χ3n) is 7.68. The van der Waals surface area contributed by atoms with E-state index in [0.29, 0.717) is 18.0 Å². The fourth-order valence-electron chi connectivity index (χ4n) is 4.98. The Labute approximate surface area is 273 Å². The fraction of sp³-hybridized carbons (Fsp3) is 0.297. The van der Waals surface area contributed by atoms with Crippen molar-refractivity contribution in [2.24, 2.45) is 5.92 Å². The van der Waals surface area contributed by atoms with Crippen LogP contribution in [0.1, 0.15) is 36.1 Å². The molecule has 4 rings (SSSR count). The monoisotopic (exact) mass is 641 g/mol. The molecule has 0 aliphatic carbocycles. The molecule has 0 aliphatic heterocycles. The maximum Gasteiger partial charge on any atom is 0.264 e. The van der Waals surface area contributed by atoms with E-state index in [2.05, 4.69) is 5.32 Å². The number of methoxy groups -OCH3 is 1. The second kappa shape index (κ2) is 15.6. The largest absolute Gasteiger partial charge is 0.497 e. The Morgan fingerprint density at radius 1 is 0.783 bits per heavy atom. The minimum atomic E-state index is -4.18. The lowest BCUT2D eigenvalue weighted by molar-refractivity contribution is -0.140. The Bertz CT molecular complexity index is 1690. The average Bonchev–Trinajstić information content (AvgIpc) is 3.05. The van der Waals surface area contributed by atoms with Crippen LogP contribution in [0.25, 0.3) is 0 Å². The summed E-state index contributed by atoms with van der Waals surface area (Å²) in [6, 6.07) is 29.4. The van der Waals surface area contributed by atoms with E-state index in [1.165, 1.54) is 24.1 Å². The number of anilines is 1. The van der Waals surface area contributed by atoms with E-state index in [4.69, 9.17) is 4.74 Å². The van der Waals surface area contributed by atoms with Gasteiger partial charge < -0.3 is 15.0 Å². The standard InChI is InChI=1S/C37H43N3O5S/c1-27(2)24-38-37(42)35(23-30-9-7-6-8-10-30)39(25-31-15-11-28(3)12-16-31)36(41)26-40(32-17-19-33(45-5)20-18-32)46(43,44)34-21-13-29(4)14-22-34/h6-22,27,35H,23-26H2,1-5H3,(H,38,42). The van der Waals surface area contributed by atoms with Crippen molar-refractivity contribution in [2.45, 2.75) is 51.6 Å². The lowest BCUT2D eigenvalue weighted by Crippen LogP contribution is -2.53. The number of nitrogens with zero attached hydrogens (tertiary/aromatic N) is 2. The molecule has 4 aromatic rings. The zero-order valence-corrected chi connectivity index (χ0v) is 28.0. The second-order valence-corrected chi connectivity index (χ2v) is 13.7. The first kappa shape index (κ1) is 34.2. The summed E-state index contributed by atoms with van der Waals surface area (Å²) in [5, 5.41) is 3.01. The van der Waals surface area contributed by atoms with Gasteiger partial charge in [-0.25, -0.2) is 8.42 Å². The van der Waals surface area contributed by atoms with Gasteiger partial charge in [-0.05, 0) is 67.3 Å². The number of hydrogen-bond acceptors (Lipinski definition) is 5. The van der Waals surface area contributed by atoms with Crippen LogP contribution in [0, 0.1) is 19.8 Å². The number of carbonyl (C=O) groups excluding carboxylic acids is 2. The third-order valence-corrected chi connectivity index (χ3v) is 9.47. The molecular weight excluding hydrogens is 598 g/mol. The normalized spacial score (nSPS) is 12.0. The summed E-state index contributed by atoms with van der Waals surface area (Å²) >= 11 is 0. The van der Waals surface area contributed by atoms with Crippen LogP contribution in [0.3, 0.4) is 0 Å². The van der Waals surface area contributed by atoms with Crippen molar-refractivity contribution in [3.05, 3.63) is 125 Å². The van der Waals surface area contributed by atoms with Gasteiger partial charge in [-0.15, -0.1) is 0 Å². The predicted octanol–water partition coefficient (Wildman–Crippen LogP) is 5.92. The van der Waals surface area contributed by atoms with Crippen LogP contribution in [-0.4, -0.2) is 51.4 Å². The maximum atomic E-state index is 14.5. The van der Waals surface area contributed by atoms with E-state index in [1.807, 2.05) is 82.3 Å². The van der Waals surface area contributed by atoms with Gasteiger partial charge in [0.15, 0.2) is 0 Å². The van der Waals surface area contributed by atoms with Gasteiger partial charge in [0.1, 0.15) is 18.3 Å². The Balaban J connectivity index is 1.79. The quantitative estimate of drug-likeness (QED) is 0.185. The molecule has 46 heavy (non-hydrogen) atoms. The van der Waals surface area contributed by atoms with Gasteiger partial charge in [-0.3, -0.25) is 13.9 Å². The van der Waals surface area contributed by atoms with Crippen LogP contribution in [0.15, 0.2) is 108 Å². The van der Waals surface area contributed by atoms with Crippen LogP contribution >= 0.6 is 0 Å². The Morgan fingerprint density at radius 2 is 1.37 bits per heavy atom. The molecule has 242 valence electrons. The number of nitrogens with one attached hydrogen (secondary N) is 1. The number of sulfonamides is 1. The summed E-state index contributed by atoms with van der Waals surface area (Å²) in [6.07, 6.45) is 0.260. The first-order chi connectivity index (χ1) is 22.0. The molecule has 0 spiro atoms. The van der Waals surface area contributed by atoms with E-state index in [9.17, 15) is 18.0 Å². The summed E-state index contributed by atoms with van der Waals surface area (Å²) < 4.78 is 34.7. The Morgan fingerprint density at radius 3 is 1.93 bits per heavy atom. The number of carbonyl (C=O) groups is 2. The minimum Gasteiger partial charge on any atom is -0.497 e. The average molecular weight is 642 g/mol. The highest BCUT2D eigenvalue weighted by atomic mass is 32.2. The van der Waals surface area contributed by atoms with Gasteiger partial charge >= 0.3 is 0 Å². The van der Waals surface area contributed by atoms with Crippen molar-refractivity contribution in [2.75, 3.05) is 24.5 Å². The first-order valence-electron chi connectivity index (χ1n) is 15.4. The van der Waals surface area contributed by atoms with Crippen LogP contribution in [0.2, 0.25) is 0 Å². The summed E-state index contributed by atoms with van der Waals surface area (Å²) in [7, 11) is -2.65. The van der Waals surface area contributed by atoms with Gasteiger partial charge in [0.25, 0.3) is 10.0 Å². The zero-order valence-electron chi connectivity index (χ0n) is 27.1. The molecule has 0 fully saturated rings. The molecule has 0 saturated heterocycles. The fourth-order valence-corrected chi connectivity index (χ4v) is 6.40. The van der Waals surface area contributed by atoms with E-state index in [0.717, 1.165) is 26.6 Å². The van der Waals surface area contributed by atoms with E-state index < -0.39 is 28.5 Å². The van der Waals surface area contributed by atoms with Crippen molar-refractivity contribution < 1.29 is 22.7 Å². The summed E-state index contributed by atoms with van der Waals surface area (Å²) in [4.78, 5) is 30.0. The van der Waals surface area contributed by atoms with Crippen molar-refractivity contribution in [1.29, 1.82) is 0 Å². The number of amides is 2. The van der Waals surface area contributed by atoms with Gasteiger partial charge in [-0.2, -0.15) is 0 Å². The van der Waals surface area contributed by atoms with Gasteiger partial charge in [0.2, 0.25) is 11.8 Å². The summed E-state index contributed by atoms with van der Waals surface area (Å²) in [6.45, 7) is 7.91. The molecule has 0 bridgehead atoms. The number of rotatable bonds is 14. The molecule has 8 nitrogen and oxygen atoms in total. The first-order valence-corrected chi connectivity index (χ1v) is 16.8. The molecule has 0 radical (unpaired) electrons. The van der Waals surface area contributed by atoms with Crippen molar-refractivity contribution in [1.82, 2.24) is 10.2 Å². The highest BCUT2D eigenvalue weighted by Crippen LogP contribution is 2.27. The number of hydrogen-bond donors (Lipinski definition) is 1.